The van der Waals surface area contributed by atoms with Crippen molar-refractivity contribution < 1.29 is 4.79 Å². The van der Waals surface area contributed by atoms with Gasteiger partial charge in [-0.1, -0.05) is 60.3 Å². The third-order valence-electron chi connectivity index (χ3n) is 4.31. The molecule has 1 aromatic heterocycles. The van der Waals surface area contributed by atoms with Crippen molar-refractivity contribution in [3.05, 3.63) is 66.0 Å². The summed E-state index contributed by atoms with van der Waals surface area (Å²) in [6.45, 7) is 7.31. The standard InChI is InChI=1S/C21H23N3OS/c1-4-24(5-2)21(25)19(16-11-7-6-8-12-16)26-20-17-13-9-10-14-18(17)22-15(3)23-20/h6-14,19H,4-5H2,1-3H3/t19-/m0/s1. The highest BCUT2D eigenvalue weighted by Gasteiger charge is 2.27. The van der Waals surface area contributed by atoms with Gasteiger partial charge < -0.3 is 4.90 Å². The molecule has 5 heteroatoms. The third-order valence-corrected chi connectivity index (χ3v) is 5.56. The lowest BCUT2D eigenvalue weighted by Gasteiger charge is -2.25. The first-order valence-corrected chi connectivity index (χ1v) is 9.75. The quantitative estimate of drug-likeness (QED) is 0.471. The first-order chi connectivity index (χ1) is 12.6. The topological polar surface area (TPSA) is 46.1 Å². The third kappa shape index (κ3) is 3.88. The Morgan fingerprint density at radius 2 is 1.65 bits per heavy atom. The van der Waals surface area contributed by atoms with Gasteiger partial charge in [-0.15, -0.1) is 0 Å². The number of hydrogen-bond acceptors (Lipinski definition) is 4. The Hall–Kier alpha value is -2.40. The highest BCUT2D eigenvalue weighted by molar-refractivity contribution is 8.00. The lowest BCUT2D eigenvalue weighted by molar-refractivity contribution is -0.130. The highest BCUT2D eigenvalue weighted by atomic mass is 32.2. The lowest BCUT2D eigenvalue weighted by Crippen LogP contribution is -2.33. The van der Waals surface area contributed by atoms with E-state index in [4.69, 9.17) is 0 Å². The maximum atomic E-state index is 13.2. The number of nitrogens with zero attached hydrogens (tertiary/aromatic N) is 3. The average molecular weight is 366 g/mol. The molecule has 1 atom stereocenters. The number of carbonyl (C=O) groups excluding carboxylic acids is 1. The largest absolute Gasteiger partial charge is 0.342 e. The number of hydrogen-bond donors (Lipinski definition) is 0. The van der Waals surface area contributed by atoms with E-state index >= 15 is 0 Å². The maximum absolute atomic E-state index is 13.2. The van der Waals surface area contributed by atoms with E-state index in [0.29, 0.717) is 18.9 Å². The maximum Gasteiger partial charge on any atom is 0.240 e. The van der Waals surface area contributed by atoms with E-state index in [1.165, 1.54) is 11.8 Å². The number of rotatable bonds is 6. The molecular weight excluding hydrogens is 342 g/mol. The van der Waals surface area contributed by atoms with E-state index in [9.17, 15) is 4.79 Å². The second-order valence-corrected chi connectivity index (χ2v) is 7.11. The molecule has 2 aromatic carbocycles. The Labute approximate surface area is 158 Å². The number of thioether (sulfide) groups is 1. The van der Waals surface area contributed by atoms with Crippen molar-refractivity contribution in [2.45, 2.75) is 31.0 Å². The molecule has 0 aliphatic rings. The second kappa shape index (κ2) is 8.32. The van der Waals surface area contributed by atoms with Crippen LogP contribution < -0.4 is 0 Å². The van der Waals surface area contributed by atoms with Crippen LogP contribution in [0, 0.1) is 6.92 Å². The summed E-state index contributed by atoms with van der Waals surface area (Å²) in [5.74, 6) is 0.833. The molecule has 0 N–H and O–H groups in total. The van der Waals surface area contributed by atoms with Gasteiger partial charge in [0.1, 0.15) is 16.1 Å². The number of likely N-dealkylation sites (N-methyl/N-ethyl adjacent to an activating group) is 1. The van der Waals surface area contributed by atoms with Crippen LogP contribution in [0.3, 0.4) is 0 Å². The summed E-state index contributed by atoms with van der Waals surface area (Å²) in [6.07, 6.45) is 0. The molecule has 0 unspecified atom stereocenters. The van der Waals surface area contributed by atoms with Gasteiger partial charge in [0.25, 0.3) is 0 Å². The predicted octanol–water partition coefficient (Wildman–Crippen LogP) is 4.64. The molecule has 134 valence electrons. The van der Waals surface area contributed by atoms with E-state index < -0.39 is 0 Å². The van der Waals surface area contributed by atoms with Crippen LogP contribution in [0.5, 0.6) is 0 Å². The number of para-hydroxylation sites is 1. The van der Waals surface area contributed by atoms with Gasteiger partial charge in [0.2, 0.25) is 5.91 Å². The minimum Gasteiger partial charge on any atom is -0.342 e. The number of fused-ring (bicyclic) bond motifs is 1. The Kier molecular flexibility index (Phi) is 5.89. The fourth-order valence-corrected chi connectivity index (χ4v) is 4.20. The smallest absolute Gasteiger partial charge is 0.240 e. The van der Waals surface area contributed by atoms with Crippen molar-refractivity contribution in [1.29, 1.82) is 0 Å². The Bertz CT molecular complexity index is 894. The zero-order valence-corrected chi connectivity index (χ0v) is 16.2. The fraction of sp³-hybridized carbons (Fsp3) is 0.286. The molecule has 1 amide bonds. The molecule has 0 aliphatic carbocycles. The van der Waals surface area contributed by atoms with Gasteiger partial charge in [0.05, 0.1) is 5.52 Å². The first-order valence-electron chi connectivity index (χ1n) is 8.87. The second-order valence-electron chi connectivity index (χ2n) is 6.01. The van der Waals surface area contributed by atoms with Gasteiger partial charge in [-0.2, -0.15) is 0 Å². The summed E-state index contributed by atoms with van der Waals surface area (Å²) < 4.78 is 0. The molecule has 26 heavy (non-hydrogen) atoms. The number of aryl methyl sites for hydroxylation is 1. The fourth-order valence-electron chi connectivity index (χ4n) is 2.95. The van der Waals surface area contributed by atoms with E-state index in [1.807, 2.05) is 80.3 Å². The molecule has 1 heterocycles. The van der Waals surface area contributed by atoms with Crippen LogP contribution in [0.4, 0.5) is 0 Å². The molecule has 3 aromatic rings. The minimum absolute atomic E-state index is 0.117. The highest BCUT2D eigenvalue weighted by Crippen LogP contribution is 2.38. The van der Waals surface area contributed by atoms with Crippen molar-refractivity contribution in [1.82, 2.24) is 14.9 Å². The number of benzene rings is 2. The summed E-state index contributed by atoms with van der Waals surface area (Å²) in [6, 6.07) is 17.9. The molecule has 0 radical (unpaired) electrons. The van der Waals surface area contributed by atoms with Crippen LogP contribution in [-0.2, 0) is 4.79 Å². The molecule has 0 bridgehead atoms. The molecule has 3 rings (SSSR count). The summed E-state index contributed by atoms with van der Waals surface area (Å²) in [5.41, 5.74) is 1.90. The van der Waals surface area contributed by atoms with Crippen LogP contribution in [0.15, 0.2) is 59.6 Å². The number of aromatic nitrogens is 2. The average Bonchev–Trinajstić information content (AvgIpc) is 2.67. The summed E-state index contributed by atoms with van der Waals surface area (Å²) in [4.78, 5) is 24.2. The molecule has 0 saturated heterocycles. The van der Waals surface area contributed by atoms with E-state index in [1.54, 1.807) is 0 Å². The summed E-state index contributed by atoms with van der Waals surface area (Å²) in [7, 11) is 0. The normalized spacial score (nSPS) is 12.1. The molecule has 0 spiro atoms. The molecule has 4 nitrogen and oxygen atoms in total. The van der Waals surface area contributed by atoms with Crippen molar-refractivity contribution in [3.63, 3.8) is 0 Å². The van der Waals surface area contributed by atoms with Gasteiger partial charge in [-0.05, 0) is 32.4 Å². The monoisotopic (exact) mass is 365 g/mol. The minimum atomic E-state index is -0.325. The van der Waals surface area contributed by atoms with Crippen molar-refractivity contribution in [3.8, 4) is 0 Å². The van der Waals surface area contributed by atoms with Gasteiger partial charge in [-0.3, -0.25) is 4.79 Å². The van der Waals surface area contributed by atoms with Gasteiger partial charge in [0.15, 0.2) is 0 Å². The summed E-state index contributed by atoms with van der Waals surface area (Å²) >= 11 is 1.51. The number of amides is 1. The van der Waals surface area contributed by atoms with Crippen LogP contribution in [-0.4, -0.2) is 33.9 Å². The zero-order chi connectivity index (χ0) is 18.5. The van der Waals surface area contributed by atoms with Gasteiger partial charge >= 0.3 is 0 Å². The number of carbonyl (C=O) groups is 1. The molecule has 0 fully saturated rings. The van der Waals surface area contributed by atoms with Gasteiger partial charge in [0, 0.05) is 18.5 Å². The van der Waals surface area contributed by atoms with Crippen LogP contribution in [0.25, 0.3) is 10.9 Å². The van der Waals surface area contributed by atoms with Crippen LogP contribution in [0.1, 0.15) is 30.5 Å². The Balaban J connectivity index is 2.05. The zero-order valence-electron chi connectivity index (χ0n) is 15.3. The molecular formula is C21H23N3OS. The van der Waals surface area contributed by atoms with Crippen molar-refractivity contribution in [2.75, 3.05) is 13.1 Å². The van der Waals surface area contributed by atoms with Gasteiger partial charge in [-0.25, -0.2) is 9.97 Å². The predicted molar refractivity (Wildman–Crippen MR) is 107 cm³/mol. The van der Waals surface area contributed by atoms with Crippen LogP contribution in [0.2, 0.25) is 0 Å². The van der Waals surface area contributed by atoms with Crippen molar-refractivity contribution in [2.24, 2.45) is 0 Å². The first kappa shape index (κ1) is 18.4. The van der Waals surface area contributed by atoms with Crippen molar-refractivity contribution >= 4 is 28.6 Å². The van der Waals surface area contributed by atoms with Crippen LogP contribution >= 0.6 is 11.8 Å². The molecule has 0 aliphatic heterocycles. The van der Waals surface area contributed by atoms with E-state index in [0.717, 1.165) is 21.5 Å². The van der Waals surface area contributed by atoms with E-state index in [-0.39, 0.29) is 11.2 Å². The Morgan fingerprint density at radius 3 is 2.35 bits per heavy atom. The molecule has 0 saturated carbocycles. The summed E-state index contributed by atoms with van der Waals surface area (Å²) in [5, 5.41) is 1.51. The SMILES string of the molecule is CCN(CC)C(=O)[C@@H](Sc1nc(C)nc2ccccc12)c1ccccc1. The Morgan fingerprint density at radius 1 is 1.00 bits per heavy atom. The lowest BCUT2D eigenvalue weighted by atomic mass is 10.1. The van der Waals surface area contributed by atoms with E-state index in [2.05, 4.69) is 9.97 Å².